The topological polar surface area (TPSA) is 61.0 Å². The van der Waals surface area contributed by atoms with Gasteiger partial charge < -0.3 is 9.26 Å². The molecule has 3 rings (SSSR count). The van der Waals surface area contributed by atoms with Crippen molar-refractivity contribution in [2.75, 3.05) is 6.61 Å². The predicted molar refractivity (Wildman–Crippen MR) is 93.2 cm³/mol. The van der Waals surface area contributed by atoms with Crippen molar-refractivity contribution in [2.45, 2.75) is 39.7 Å². The molecule has 126 valence electrons. The SMILES string of the molecule is CCO[C@H](c1ccc(C)cc1)c1noc(Cc2csc(CC)n2)n1. The molecule has 0 fully saturated rings. The Morgan fingerprint density at radius 2 is 1.96 bits per heavy atom. The van der Waals surface area contributed by atoms with E-state index in [2.05, 4.69) is 41.1 Å². The lowest BCUT2D eigenvalue weighted by molar-refractivity contribution is 0.0833. The number of aromatic nitrogens is 3. The van der Waals surface area contributed by atoms with E-state index in [9.17, 15) is 0 Å². The van der Waals surface area contributed by atoms with E-state index in [1.807, 2.05) is 24.4 Å². The molecule has 2 heterocycles. The summed E-state index contributed by atoms with van der Waals surface area (Å²) in [5.41, 5.74) is 3.20. The number of hydrogen-bond donors (Lipinski definition) is 0. The first-order chi connectivity index (χ1) is 11.7. The third-order valence-electron chi connectivity index (χ3n) is 3.67. The zero-order chi connectivity index (χ0) is 16.9. The third kappa shape index (κ3) is 3.88. The minimum absolute atomic E-state index is 0.310. The lowest BCUT2D eigenvalue weighted by atomic mass is 10.1. The second-order valence-corrected chi connectivity index (χ2v) is 6.50. The Hall–Kier alpha value is -2.05. The van der Waals surface area contributed by atoms with E-state index in [1.54, 1.807) is 11.3 Å². The summed E-state index contributed by atoms with van der Waals surface area (Å²) in [7, 11) is 0. The normalized spacial score (nSPS) is 12.5. The van der Waals surface area contributed by atoms with E-state index in [0.717, 1.165) is 22.7 Å². The molecule has 3 aromatic rings. The average Bonchev–Trinajstić information content (AvgIpc) is 3.23. The van der Waals surface area contributed by atoms with Crippen LogP contribution in [-0.2, 0) is 17.6 Å². The molecule has 0 unspecified atom stereocenters. The minimum Gasteiger partial charge on any atom is -0.366 e. The molecule has 0 spiro atoms. The van der Waals surface area contributed by atoms with Crippen molar-refractivity contribution < 1.29 is 9.26 Å². The van der Waals surface area contributed by atoms with Gasteiger partial charge in [-0.2, -0.15) is 4.98 Å². The first kappa shape index (κ1) is 16.8. The lowest BCUT2D eigenvalue weighted by Crippen LogP contribution is -2.08. The van der Waals surface area contributed by atoms with Crippen LogP contribution in [0.3, 0.4) is 0 Å². The fourth-order valence-electron chi connectivity index (χ4n) is 2.42. The summed E-state index contributed by atoms with van der Waals surface area (Å²) >= 11 is 1.66. The molecule has 0 saturated carbocycles. The molecule has 1 atom stereocenters. The van der Waals surface area contributed by atoms with Gasteiger partial charge in [0.1, 0.15) is 6.10 Å². The Labute approximate surface area is 145 Å². The van der Waals surface area contributed by atoms with Gasteiger partial charge in [0.15, 0.2) is 0 Å². The highest BCUT2D eigenvalue weighted by Crippen LogP contribution is 2.24. The van der Waals surface area contributed by atoms with Crippen LogP contribution in [0.25, 0.3) is 0 Å². The largest absolute Gasteiger partial charge is 0.366 e. The van der Waals surface area contributed by atoms with Crippen LogP contribution in [0.4, 0.5) is 0 Å². The quantitative estimate of drug-likeness (QED) is 0.646. The molecule has 24 heavy (non-hydrogen) atoms. The van der Waals surface area contributed by atoms with Crippen molar-refractivity contribution in [2.24, 2.45) is 0 Å². The van der Waals surface area contributed by atoms with Gasteiger partial charge in [0, 0.05) is 12.0 Å². The molecule has 0 aliphatic carbocycles. The summed E-state index contributed by atoms with van der Waals surface area (Å²) in [6.07, 6.45) is 1.19. The van der Waals surface area contributed by atoms with Crippen LogP contribution in [0.5, 0.6) is 0 Å². The van der Waals surface area contributed by atoms with Crippen molar-refractivity contribution in [3.8, 4) is 0 Å². The Balaban J connectivity index is 1.79. The fraction of sp³-hybridized carbons (Fsp3) is 0.389. The van der Waals surface area contributed by atoms with Gasteiger partial charge >= 0.3 is 0 Å². The van der Waals surface area contributed by atoms with Crippen molar-refractivity contribution >= 4 is 11.3 Å². The molecule has 6 heteroatoms. The van der Waals surface area contributed by atoms with Crippen LogP contribution in [-0.4, -0.2) is 21.7 Å². The summed E-state index contributed by atoms with van der Waals surface area (Å²) < 4.78 is 11.2. The van der Waals surface area contributed by atoms with E-state index in [4.69, 9.17) is 9.26 Å². The van der Waals surface area contributed by atoms with Gasteiger partial charge in [-0.15, -0.1) is 11.3 Å². The van der Waals surface area contributed by atoms with Crippen LogP contribution in [0.1, 0.15) is 53.5 Å². The number of thiazole rings is 1. The number of hydrogen-bond acceptors (Lipinski definition) is 6. The van der Waals surface area contributed by atoms with E-state index in [-0.39, 0.29) is 6.10 Å². The zero-order valence-corrected chi connectivity index (χ0v) is 15.0. The highest BCUT2D eigenvalue weighted by atomic mass is 32.1. The highest BCUT2D eigenvalue weighted by Gasteiger charge is 2.21. The van der Waals surface area contributed by atoms with Crippen LogP contribution < -0.4 is 0 Å². The smallest absolute Gasteiger partial charge is 0.232 e. The fourth-order valence-corrected chi connectivity index (χ4v) is 3.17. The maximum Gasteiger partial charge on any atom is 0.232 e. The van der Waals surface area contributed by atoms with Gasteiger partial charge in [0.05, 0.1) is 17.1 Å². The molecule has 5 nitrogen and oxygen atoms in total. The molecule has 0 saturated heterocycles. The van der Waals surface area contributed by atoms with Crippen LogP contribution in [0.15, 0.2) is 34.2 Å². The number of benzene rings is 1. The Bertz CT molecular complexity index is 780. The zero-order valence-electron chi connectivity index (χ0n) is 14.2. The number of nitrogens with zero attached hydrogens (tertiary/aromatic N) is 3. The number of rotatable bonds is 7. The van der Waals surface area contributed by atoms with E-state index in [0.29, 0.717) is 24.7 Å². The molecule has 0 amide bonds. The van der Waals surface area contributed by atoms with Gasteiger partial charge in [0.2, 0.25) is 11.7 Å². The first-order valence-corrected chi connectivity index (χ1v) is 9.01. The van der Waals surface area contributed by atoms with Gasteiger partial charge in [0.25, 0.3) is 0 Å². The Morgan fingerprint density at radius 1 is 1.17 bits per heavy atom. The number of ether oxygens (including phenoxy) is 1. The lowest BCUT2D eigenvalue weighted by Gasteiger charge is -2.13. The average molecular weight is 343 g/mol. The molecule has 0 bridgehead atoms. The molecule has 0 radical (unpaired) electrons. The maximum absolute atomic E-state index is 5.84. The molecule has 2 aromatic heterocycles. The molecule has 0 aliphatic rings. The summed E-state index contributed by atoms with van der Waals surface area (Å²) in [6, 6.07) is 8.20. The standard InChI is InChI=1S/C18H21N3O2S/c1-4-16-19-14(11-24-16)10-15-20-18(21-23-15)17(22-5-2)13-8-6-12(3)7-9-13/h6-9,11,17H,4-5,10H2,1-3H3/t17-/m1/s1. The maximum atomic E-state index is 5.84. The summed E-state index contributed by atoms with van der Waals surface area (Å²) in [5, 5.41) is 7.29. The van der Waals surface area contributed by atoms with Gasteiger partial charge in [-0.3, -0.25) is 0 Å². The van der Waals surface area contributed by atoms with E-state index in [1.165, 1.54) is 5.56 Å². The molecule has 0 aliphatic heterocycles. The van der Waals surface area contributed by atoms with Crippen molar-refractivity contribution in [3.63, 3.8) is 0 Å². The van der Waals surface area contributed by atoms with Crippen LogP contribution >= 0.6 is 11.3 Å². The summed E-state index contributed by atoms with van der Waals surface area (Å²) in [5.74, 6) is 1.12. The highest BCUT2D eigenvalue weighted by molar-refractivity contribution is 7.09. The van der Waals surface area contributed by atoms with Gasteiger partial charge in [-0.25, -0.2) is 4.98 Å². The van der Waals surface area contributed by atoms with E-state index >= 15 is 0 Å². The Morgan fingerprint density at radius 3 is 2.62 bits per heavy atom. The van der Waals surface area contributed by atoms with E-state index < -0.39 is 0 Å². The molecular formula is C18H21N3O2S. The Kier molecular flexibility index (Phi) is 5.37. The van der Waals surface area contributed by atoms with Crippen LogP contribution in [0.2, 0.25) is 0 Å². The van der Waals surface area contributed by atoms with Crippen molar-refractivity contribution in [1.82, 2.24) is 15.1 Å². The molecule has 0 N–H and O–H groups in total. The number of aryl methyl sites for hydroxylation is 2. The van der Waals surface area contributed by atoms with Crippen LogP contribution in [0, 0.1) is 6.92 Å². The predicted octanol–water partition coefficient (Wildman–Crippen LogP) is 4.11. The van der Waals surface area contributed by atoms with Gasteiger partial charge in [-0.05, 0) is 25.8 Å². The third-order valence-corrected chi connectivity index (χ3v) is 4.71. The van der Waals surface area contributed by atoms with Gasteiger partial charge in [-0.1, -0.05) is 41.9 Å². The molecule has 1 aromatic carbocycles. The monoisotopic (exact) mass is 343 g/mol. The second kappa shape index (κ2) is 7.68. The summed E-state index contributed by atoms with van der Waals surface area (Å²) in [6.45, 7) is 6.70. The first-order valence-electron chi connectivity index (χ1n) is 8.13. The van der Waals surface area contributed by atoms with Crippen molar-refractivity contribution in [1.29, 1.82) is 0 Å². The summed E-state index contributed by atoms with van der Waals surface area (Å²) in [4.78, 5) is 9.06. The van der Waals surface area contributed by atoms with Crippen molar-refractivity contribution in [3.05, 3.63) is 63.2 Å². The second-order valence-electron chi connectivity index (χ2n) is 5.56. The minimum atomic E-state index is -0.310. The molecular weight excluding hydrogens is 322 g/mol.